The summed E-state index contributed by atoms with van der Waals surface area (Å²) in [6.45, 7) is 4.67. The summed E-state index contributed by atoms with van der Waals surface area (Å²) in [5.74, 6) is 1.60. The van der Waals surface area contributed by atoms with Gasteiger partial charge in [0, 0.05) is 59.8 Å². The van der Waals surface area contributed by atoms with E-state index in [1.165, 1.54) is 27.8 Å². The van der Waals surface area contributed by atoms with E-state index in [9.17, 15) is 0 Å². The van der Waals surface area contributed by atoms with Crippen LogP contribution in [0.2, 0.25) is 0 Å². The second-order valence-electron chi connectivity index (χ2n) is 18.0. The molecule has 0 radical (unpaired) electrons. The molecule has 0 bridgehead atoms. The third-order valence-electron chi connectivity index (χ3n) is 14.0. The smallest absolute Gasteiger partial charge is 0.238 e. The van der Waals surface area contributed by atoms with E-state index >= 15 is 0 Å². The summed E-state index contributed by atoms with van der Waals surface area (Å²) < 4.78 is 8.67. The Bertz CT molecular complexity index is 4200. The summed E-state index contributed by atoms with van der Waals surface area (Å²) in [5.41, 5.74) is 14.9. The van der Waals surface area contributed by atoms with Crippen molar-refractivity contribution in [1.29, 1.82) is 0 Å². The minimum absolute atomic E-state index is 0.110. The van der Waals surface area contributed by atoms with Crippen molar-refractivity contribution in [3.63, 3.8) is 0 Å². The molecule has 3 aromatic heterocycles. The van der Waals surface area contributed by atoms with Gasteiger partial charge >= 0.3 is 0 Å². The van der Waals surface area contributed by atoms with Gasteiger partial charge in [-0.15, -0.1) is 0 Å². The first-order valence-electron chi connectivity index (χ1n) is 22.6. The van der Waals surface area contributed by atoms with E-state index in [0.717, 1.165) is 93.1 Å². The molecule has 10 aromatic carbocycles. The first-order chi connectivity index (χ1) is 33.0. The zero-order chi connectivity index (χ0) is 44.4. The van der Waals surface area contributed by atoms with Crippen molar-refractivity contribution in [1.82, 2.24) is 19.5 Å². The molecule has 0 atom stereocenters. The lowest BCUT2D eigenvalue weighted by Crippen LogP contribution is -2.14. The first kappa shape index (κ1) is 37.4. The molecule has 3 heterocycles. The van der Waals surface area contributed by atoms with E-state index in [2.05, 4.69) is 170 Å². The third-order valence-corrected chi connectivity index (χ3v) is 14.0. The quantitative estimate of drug-likeness (QED) is 0.173. The zero-order valence-corrected chi connectivity index (χ0v) is 36.5. The van der Waals surface area contributed by atoms with Gasteiger partial charge in [0.2, 0.25) is 5.95 Å². The molecule has 0 saturated carbocycles. The number of nitrogens with zero attached hydrogens (tertiary/aromatic N) is 4. The van der Waals surface area contributed by atoms with Gasteiger partial charge in [0.05, 0.1) is 16.4 Å². The molecule has 0 fully saturated rings. The van der Waals surface area contributed by atoms with Crippen molar-refractivity contribution in [2.24, 2.45) is 0 Å². The molecule has 0 unspecified atom stereocenters. The summed E-state index contributed by atoms with van der Waals surface area (Å²) in [6, 6.07) is 77.4. The summed E-state index contributed by atoms with van der Waals surface area (Å²) >= 11 is 0. The highest BCUT2D eigenvalue weighted by molar-refractivity contribution is 6.32. The van der Waals surface area contributed by atoms with Crippen LogP contribution in [-0.4, -0.2) is 19.5 Å². The van der Waals surface area contributed by atoms with E-state index in [4.69, 9.17) is 19.4 Å². The van der Waals surface area contributed by atoms with E-state index < -0.39 is 0 Å². The molecule has 13 aromatic rings. The van der Waals surface area contributed by atoms with Gasteiger partial charge in [0.1, 0.15) is 11.2 Å². The maximum absolute atomic E-state index is 6.41. The number of aromatic nitrogens is 4. The average molecular weight is 853 g/mol. The molecule has 67 heavy (non-hydrogen) atoms. The van der Waals surface area contributed by atoms with Crippen molar-refractivity contribution in [2.45, 2.75) is 19.3 Å². The van der Waals surface area contributed by atoms with Gasteiger partial charge in [0.25, 0.3) is 0 Å². The lowest BCUT2D eigenvalue weighted by Gasteiger charge is -2.21. The van der Waals surface area contributed by atoms with Crippen LogP contribution in [-0.2, 0) is 5.41 Å². The van der Waals surface area contributed by atoms with Crippen LogP contribution >= 0.6 is 0 Å². The van der Waals surface area contributed by atoms with Gasteiger partial charge in [-0.05, 0) is 75.3 Å². The highest BCUT2D eigenvalue weighted by Crippen LogP contribution is 2.52. The molecule has 0 N–H and O–H groups in total. The fourth-order valence-corrected chi connectivity index (χ4v) is 10.9. The predicted octanol–water partition coefficient (Wildman–Crippen LogP) is 15.3. The Labute approximate surface area is 386 Å². The molecule has 0 aliphatic heterocycles. The fourth-order valence-electron chi connectivity index (χ4n) is 10.9. The Kier molecular flexibility index (Phi) is 7.80. The van der Waals surface area contributed by atoms with E-state index in [1.807, 2.05) is 54.6 Å². The third kappa shape index (κ3) is 5.44. The van der Waals surface area contributed by atoms with Crippen molar-refractivity contribution in [3.8, 4) is 62.1 Å². The van der Waals surface area contributed by atoms with Crippen LogP contribution in [0.15, 0.2) is 186 Å². The van der Waals surface area contributed by atoms with Crippen molar-refractivity contribution in [3.05, 3.63) is 217 Å². The van der Waals surface area contributed by atoms with Gasteiger partial charge in [0.15, 0.2) is 11.6 Å². The van der Waals surface area contributed by atoms with E-state index in [-0.39, 0.29) is 5.41 Å². The monoisotopic (exact) mass is 852 g/mol. The molecule has 0 saturated heterocycles. The zero-order valence-electron chi connectivity index (χ0n) is 36.5. The van der Waals surface area contributed by atoms with Crippen molar-refractivity contribution < 1.29 is 4.42 Å². The first-order valence-corrected chi connectivity index (χ1v) is 22.6. The Morgan fingerprint density at radius 3 is 1.91 bits per heavy atom. The molecule has 14 rings (SSSR count). The maximum Gasteiger partial charge on any atom is 0.238 e. The van der Waals surface area contributed by atoms with E-state index in [0.29, 0.717) is 17.6 Å². The lowest BCUT2D eigenvalue weighted by atomic mass is 9.82. The maximum atomic E-state index is 6.41. The minimum atomic E-state index is -0.110. The molecular weight excluding hydrogens is 817 g/mol. The van der Waals surface area contributed by atoms with Crippen LogP contribution in [0, 0.1) is 24.3 Å². The highest BCUT2D eigenvalue weighted by Gasteiger charge is 2.36. The number of furan rings is 1. The standard InChI is InChI=1S/C62H36N4O/c1-62(2)51-30-12-10-26-49(51)55-41(27-16-31-52(55)62)38-19-14-20-39(35-38)42-28-15-29-50-56-47-24-8-6-21-43(47)44-22-7-9-25-48(44)58(56)66(57(42)50)61-64-59(37-17-4-3-5-18-37)63-60(65-61)40-33-34-46-45-23-11-13-32-53(45)67-54(46)36-40/h3-5,7,9-20,22-23,25-36H,1-2H3. The number of fused-ring (bicyclic) bond motifs is 14. The summed E-state index contributed by atoms with van der Waals surface area (Å²) in [4.78, 5) is 16.1. The van der Waals surface area contributed by atoms with Gasteiger partial charge in [-0.3, -0.25) is 4.57 Å². The number of rotatable bonds is 5. The second kappa shape index (κ2) is 14.0. The van der Waals surface area contributed by atoms with Gasteiger partial charge in [-0.2, -0.15) is 9.97 Å². The van der Waals surface area contributed by atoms with Crippen molar-refractivity contribution in [2.75, 3.05) is 0 Å². The van der Waals surface area contributed by atoms with Crippen LogP contribution in [0.4, 0.5) is 0 Å². The summed E-state index contributed by atoms with van der Waals surface area (Å²) in [5, 5.41) is 8.11. The largest absolute Gasteiger partial charge is 0.456 e. The number of benzene rings is 9. The fraction of sp³-hybridized carbons (Fsp3) is 0.0484. The van der Waals surface area contributed by atoms with Crippen LogP contribution < -0.4 is 0 Å². The molecule has 0 amide bonds. The SMILES string of the molecule is CC1(C)c2ccccc2-c2c(-c3cccc(-c4cccc5c6c7c#cc#cc7c7ccccc7c6n(-c6nc(-c7ccccc7)nc(-c7ccc8c(c7)oc7ccccc78)n6)c45)c3)cccc21. The van der Waals surface area contributed by atoms with Gasteiger partial charge < -0.3 is 4.42 Å². The van der Waals surface area contributed by atoms with Crippen LogP contribution in [0.5, 0.6) is 0 Å². The minimum Gasteiger partial charge on any atom is -0.456 e. The molecule has 1 aliphatic carbocycles. The molecular formula is C62H36N4O. The Morgan fingerprint density at radius 2 is 1.04 bits per heavy atom. The molecule has 5 heteroatoms. The summed E-state index contributed by atoms with van der Waals surface area (Å²) in [6.07, 6.45) is 0. The van der Waals surface area contributed by atoms with Crippen LogP contribution in [0.25, 0.3) is 127 Å². The topological polar surface area (TPSA) is 56.7 Å². The molecule has 1 aliphatic rings. The number of para-hydroxylation sites is 2. The molecule has 0 spiro atoms. The van der Waals surface area contributed by atoms with Gasteiger partial charge in [-0.25, -0.2) is 4.98 Å². The Hall–Kier alpha value is -9.03. The molecule has 310 valence electrons. The highest BCUT2D eigenvalue weighted by atomic mass is 16.3. The second-order valence-corrected chi connectivity index (χ2v) is 18.0. The van der Waals surface area contributed by atoms with E-state index in [1.54, 1.807) is 0 Å². The predicted molar refractivity (Wildman–Crippen MR) is 271 cm³/mol. The number of hydrogen-bond acceptors (Lipinski definition) is 4. The molecule has 5 nitrogen and oxygen atoms in total. The van der Waals surface area contributed by atoms with Crippen LogP contribution in [0.1, 0.15) is 25.0 Å². The Balaban J connectivity index is 1.08. The number of hydrogen-bond donors (Lipinski definition) is 0. The lowest BCUT2D eigenvalue weighted by molar-refractivity contribution is 0.660. The van der Waals surface area contributed by atoms with Crippen LogP contribution in [0.3, 0.4) is 0 Å². The van der Waals surface area contributed by atoms with Gasteiger partial charge in [-0.1, -0.05) is 184 Å². The summed E-state index contributed by atoms with van der Waals surface area (Å²) in [7, 11) is 0. The normalized spacial score (nSPS) is 12.8. The Morgan fingerprint density at radius 1 is 0.433 bits per heavy atom. The average Bonchev–Trinajstić information content (AvgIpc) is 4.02. The van der Waals surface area contributed by atoms with Crippen molar-refractivity contribution >= 4 is 65.3 Å².